The summed E-state index contributed by atoms with van der Waals surface area (Å²) in [7, 11) is 0. The molecule has 1 heterocycles. The number of rotatable bonds is 0. The number of nitrogens with one attached hydrogen (secondary N) is 1. The highest BCUT2D eigenvalue weighted by molar-refractivity contribution is 6.32. The van der Waals surface area contributed by atoms with E-state index in [-0.39, 0.29) is 5.02 Å². The molecule has 2 aromatic rings. The molecular formula is C23H20ClF3N2. The summed E-state index contributed by atoms with van der Waals surface area (Å²) in [5, 5.41) is 4.09. The van der Waals surface area contributed by atoms with Crippen LogP contribution in [0.15, 0.2) is 59.4 Å². The van der Waals surface area contributed by atoms with Crippen LogP contribution in [-0.2, 0) is 6.18 Å². The van der Waals surface area contributed by atoms with Crippen LogP contribution in [0.25, 0.3) is 16.8 Å². The second-order valence-electron chi connectivity index (χ2n) is 7.20. The van der Waals surface area contributed by atoms with Gasteiger partial charge in [-0.3, -0.25) is 4.99 Å². The van der Waals surface area contributed by atoms with Gasteiger partial charge in [0.25, 0.3) is 0 Å². The van der Waals surface area contributed by atoms with Gasteiger partial charge in [-0.1, -0.05) is 42.0 Å². The van der Waals surface area contributed by atoms with E-state index in [1.54, 1.807) is 12.3 Å². The molecular weight excluding hydrogens is 397 g/mol. The summed E-state index contributed by atoms with van der Waals surface area (Å²) in [5.41, 5.74) is 2.75. The molecule has 29 heavy (non-hydrogen) atoms. The third-order valence-electron chi connectivity index (χ3n) is 5.38. The Morgan fingerprint density at radius 2 is 2.00 bits per heavy atom. The molecule has 0 radical (unpaired) electrons. The van der Waals surface area contributed by atoms with Gasteiger partial charge >= 0.3 is 6.18 Å². The van der Waals surface area contributed by atoms with Gasteiger partial charge in [-0.15, -0.1) is 0 Å². The maximum atomic E-state index is 13.0. The van der Waals surface area contributed by atoms with Gasteiger partial charge in [-0.2, -0.15) is 13.2 Å². The first-order valence-corrected chi connectivity index (χ1v) is 9.94. The molecule has 0 unspecified atom stereocenters. The summed E-state index contributed by atoms with van der Waals surface area (Å²) in [6.07, 6.45) is 10.6. The average molecular weight is 417 g/mol. The predicted molar refractivity (Wildman–Crippen MR) is 113 cm³/mol. The largest absolute Gasteiger partial charge is 0.417 e. The molecule has 2 aromatic carbocycles. The van der Waals surface area contributed by atoms with Crippen molar-refractivity contribution in [2.24, 2.45) is 4.99 Å². The molecule has 1 N–H and O–H groups in total. The smallest absolute Gasteiger partial charge is 0.385 e. The Morgan fingerprint density at radius 1 is 1.14 bits per heavy atom. The number of halogens is 4. The lowest BCUT2D eigenvalue weighted by Gasteiger charge is -2.28. The maximum absolute atomic E-state index is 13.0. The zero-order chi connectivity index (χ0) is 20.4. The Morgan fingerprint density at radius 3 is 2.66 bits per heavy atom. The van der Waals surface area contributed by atoms with Crippen LogP contribution in [0, 0.1) is 0 Å². The molecule has 0 saturated heterocycles. The van der Waals surface area contributed by atoms with Crippen molar-refractivity contribution < 1.29 is 13.2 Å². The summed E-state index contributed by atoms with van der Waals surface area (Å²) in [6.45, 7) is 0.872. The van der Waals surface area contributed by atoms with E-state index < -0.39 is 11.7 Å². The predicted octanol–water partition coefficient (Wildman–Crippen LogP) is 6.86. The number of benzene rings is 2. The minimum atomic E-state index is -4.43. The van der Waals surface area contributed by atoms with Crippen molar-refractivity contribution in [2.75, 3.05) is 6.54 Å². The second-order valence-corrected chi connectivity index (χ2v) is 7.60. The SMILES string of the molecule is C1=CNCC=N1.FC(F)(F)c1cc2ccc3c(c2cc1Cl)C=CC1=CCCC[C@@H]13. The highest BCUT2D eigenvalue weighted by Crippen LogP contribution is 2.44. The van der Waals surface area contributed by atoms with Crippen molar-refractivity contribution in [3.63, 3.8) is 0 Å². The van der Waals surface area contributed by atoms with E-state index in [2.05, 4.69) is 22.5 Å². The molecule has 1 aliphatic heterocycles. The van der Waals surface area contributed by atoms with E-state index in [0.717, 1.165) is 42.8 Å². The van der Waals surface area contributed by atoms with Gasteiger partial charge in [0.15, 0.2) is 0 Å². The zero-order valence-electron chi connectivity index (χ0n) is 15.6. The number of aliphatic imine (C=N–C) groups is 1. The van der Waals surface area contributed by atoms with Crippen LogP contribution in [0.1, 0.15) is 41.9 Å². The van der Waals surface area contributed by atoms with E-state index in [0.29, 0.717) is 11.3 Å². The van der Waals surface area contributed by atoms with Crippen LogP contribution in [0.4, 0.5) is 13.2 Å². The molecule has 0 amide bonds. The molecule has 1 atom stereocenters. The van der Waals surface area contributed by atoms with E-state index in [9.17, 15) is 13.2 Å². The first kappa shape index (κ1) is 19.8. The Balaban J connectivity index is 0.000000294. The van der Waals surface area contributed by atoms with Crippen molar-refractivity contribution >= 4 is 34.7 Å². The third-order valence-corrected chi connectivity index (χ3v) is 5.69. The lowest BCUT2D eigenvalue weighted by molar-refractivity contribution is -0.137. The van der Waals surface area contributed by atoms with Crippen LogP contribution in [0.2, 0.25) is 5.02 Å². The van der Waals surface area contributed by atoms with E-state index >= 15 is 0 Å². The summed E-state index contributed by atoms with van der Waals surface area (Å²) < 4.78 is 39.1. The topological polar surface area (TPSA) is 24.4 Å². The molecule has 2 nitrogen and oxygen atoms in total. The fraction of sp³-hybridized carbons (Fsp3) is 0.261. The summed E-state index contributed by atoms with van der Waals surface area (Å²) in [4.78, 5) is 3.81. The van der Waals surface area contributed by atoms with Crippen molar-refractivity contribution in [3.05, 3.63) is 76.1 Å². The fourth-order valence-corrected chi connectivity index (χ4v) is 4.29. The lowest BCUT2D eigenvalue weighted by Crippen LogP contribution is -2.11. The molecule has 5 rings (SSSR count). The normalized spacial score (nSPS) is 19.6. The van der Waals surface area contributed by atoms with Crippen LogP contribution >= 0.6 is 11.6 Å². The Hall–Kier alpha value is -2.53. The molecule has 2 aliphatic carbocycles. The van der Waals surface area contributed by atoms with Gasteiger partial charge < -0.3 is 5.32 Å². The minimum absolute atomic E-state index is 0.239. The molecule has 0 aromatic heterocycles. The second kappa shape index (κ2) is 8.07. The van der Waals surface area contributed by atoms with Crippen molar-refractivity contribution in [2.45, 2.75) is 31.4 Å². The molecule has 150 valence electrons. The number of hydrogen-bond acceptors (Lipinski definition) is 2. The highest BCUT2D eigenvalue weighted by atomic mass is 35.5. The molecule has 0 spiro atoms. The highest BCUT2D eigenvalue weighted by Gasteiger charge is 2.34. The van der Waals surface area contributed by atoms with Crippen LogP contribution < -0.4 is 5.32 Å². The summed E-state index contributed by atoms with van der Waals surface area (Å²) in [6, 6.07) is 6.36. The van der Waals surface area contributed by atoms with E-state index in [4.69, 9.17) is 11.6 Å². The minimum Gasteiger partial charge on any atom is -0.385 e. The van der Waals surface area contributed by atoms with Crippen LogP contribution in [-0.4, -0.2) is 12.8 Å². The molecule has 0 fully saturated rings. The van der Waals surface area contributed by atoms with Crippen molar-refractivity contribution in [3.8, 4) is 0 Å². The van der Waals surface area contributed by atoms with Gasteiger partial charge in [0.1, 0.15) is 0 Å². The molecule has 0 saturated carbocycles. The van der Waals surface area contributed by atoms with E-state index in [1.165, 1.54) is 17.2 Å². The lowest BCUT2D eigenvalue weighted by atomic mass is 9.76. The standard InChI is InChI=1S/C19H14ClF3.C4H6N2/c20-18-10-16-12(9-17(18)19(21,22)23)6-8-14-13-4-2-1-3-11(13)5-7-15(14)16;1-2-6-4-3-5-1/h3,5-10,13H,1-2,4H2;1-3,6H,4H2/t13-;/m0./s1. The first-order valence-electron chi connectivity index (χ1n) is 9.56. The number of hydrogen-bond donors (Lipinski definition) is 1. The summed E-state index contributed by atoms with van der Waals surface area (Å²) >= 11 is 5.91. The molecule has 3 aliphatic rings. The van der Waals surface area contributed by atoms with Gasteiger partial charge in [0, 0.05) is 31.1 Å². The fourth-order valence-electron chi connectivity index (χ4n) is 4.02. The number of alkyl halides is 3. The van der Waals surface area contributed by atoms with Gasteiger partial charge in [0.05, 0.1) is 10.6 Å². The summed E-state index contributed by atoms with van der Waals surface area (Å²) in [5.74, 6) is 0.356. The molecule has 6 heteroatoms. The van der Waals surface area contributed by atoms with Gasteiger partial charge in [-0.25, -0.2) is 0 Å². The zero-order valence-corrected chi connectivity index (χ0v) is 16.4. The van der Waals surface area contributed by atoms with E-state index in [1.807, 2.05) is 24.6 Å². The quantitative estimate of drug-likeness (QED) is 0.498. The average Bonchev–Trinajstić information content (AvgIpc) is 2.74. The maximum Gasteiger partial charge on any atom is 0.417 e. The monoisotopic (exact) mass is 416 g/mol. The van der Waals surface area contributed by atoms with Crippen molar-refractivity contribution in [1.29, 1.82) is 0 Å². The van der Waals surface area contributed by atoms with Crippen LogP contribution in [0.5, 0.6) is 0 Å². The van der Waals surface area contributed by atoms with Crippen molar-refractivity contribution in [1.82, 2.24) is 5.32 Å². The molecule has 0 bridgehead atoms. The van der Waals surface area contributed by atoms with Gasteiger partial charge in [0.2, 0.25) is 0 Å². The number of allylic oxidation sites excluding steroid dienone is 3. The first-order chi connectivity index (χ1) is 13.9. The number of fused-ring (bicyclic) bond motifs is 5. The third kappa shape index (κ3) is 4.10. The van der Waals surface area contributed by atoms with Gasteiger partial charge in [-0.05, 0) is 58.9 Å². The number of nitrogens with zero attached hydrogens (tertiary/aromatic N) is 1. The van der Waals surface area contributed by atoms with Crippen LogP contribution in [0.3, 0.4) is 0 Å². The Labute approximate surface area is 172 Å². The Bertz CT molecular complexity index is 1040. The Kier molecular flexibility index (Phi) is 5.50.